The van der Waals surface area contributed by atoms with Gasteiger partial charge in [0.05, 0.1) is 12.0 Å². The second kappa shape index (κ2) is 8.69. The number of hydrogen-bond acceptors (Lipinski definition) is 5. The third-order valence-corrected chi connectivity index (χ3v) is 6.92. The maximum Gasteiger partial charge on any atom is 0.243 e. The highest BCUT2D eigenvalue weighted by molar-refractivity contribution is 7.89. The van der Waals surface area contributed by atoms with Gasteiger partial charge in [0.1, 0.15) is 5.75 Å². The van der Waals surface area contributed by atoms with Crippen LogP contribution < -0.4 is 4.74 Å². The van der Waals surface area contributed by atoms with Gasteiger partial charge in [0, 0.05) is 31.7 Å². The van der Waals surface area contributed by atoms with E-state index in [1.807, 2.05) is 6.92 Å². The Balaban J connectivity index is 2.11. The average molecular weight is 384 g/mol. The Morgan fingerprint density at radius 2 is 1.81 bits per heavy atom. The van der Waals surface area contributed by atoms with Crippen molar-refractivity contribution in [3.63, 3.8) is 0 Å². The number of rotatable bonds is 7. The lowest BCUT2D eigenvalue weighted by molar-refractivity contribution is 0.0740. The lowest BCUT2D eigenvalue weighted by Crippen LogP contribution is -2.58. The van der Waals surface area contributed by atoms with Gasteiger partial charge < -0.3 is 9.64 Å². The summed E-state index contributed by atoms with van der Waals surface area (Å²) in [5.41, 5.74) is 0.831. The molecule has 2 atom stereocenters. The molecule has 1 aliphatic rings. The Hall–Kier alpha value is -1.15. The molecule has 1 heterocycles. The van der Waals surface area contributed by atoms with Crippen LogP contribution in [0.1, 0.15) is 25.8 Å². The fourth-order valence-corrected chi connectivity index (χ4v) is 5.36. The standard InChI is InChI=1S/C19H33N3O3S/c1-15-12-18(8-9-19(15)25-6)26(23,24)21-13-16(2)22(17(3)14-21)11-7-10-20(4)5/h8-9,12,16-17H,7,10-11,13-14H2,1-6H3. The summed E-state index contributed by atoms with van der Waals surface area (Å²) in [5.74, 6) is 0.705. The molecule has 7 heteroatoms. The Kier molecular flexibility index (Phi) is 7.07. The van der Waals surface area contributed by atoms with Gasteiger partial charge in [-0.3, -0.25) is 4.90 Å². The first-order chi connectivity index (χ1) is 12.2. The highest BCUT2D eigenvalue weighted by Gasteiger charge is 2.35. The van der Waals surface area contributed by atoms with Crippen LogP contribution in [0.2, 0.25) is 0 Å². The van der Waals surface area contributed by atoms with Crippen LogP contribution >= 0.6 is 0 Å². The number of piperazine rings is 1. The van der Waals surface area contributed by atoms with Crippen molar-refractivity contribution in [1.82, 2.24) is 14.1 Å². The van der Waals surface area contributed by atoms with Gasteiger partial charge in [0.2, 0.25) is 10.0 Å². The molecule has 0 aromatic heterocycles. The first kappa shape index (κ1) is 21.2. The van der Waals surface area contributed by atoms with Gasteiger partial charge in [0.25, 0.3) is 0 Å². The Bertz CT molecular complexity index is 694. The molecular formula is C19H33N3O3S. The van der Waals surface area contributed by atoms with Crippen LogP contribution in [-0.2, 0) is 10.0 Å². The monoisotopic (exact) mass is 383 g/mol. The molecule has 0 spiro atoms. The predicted molar refractivity (Wildman–Crippen MR) is 105 cm³/mol. The smallest absolute Gasteiger partial charge is 0.243 e. The van der Waals surface area contributed by atoms with E-state index in [0.717, 1.165) is 25.1 Å². The van der Waals surface area contributed by atoms with Crippen LogP contribution in [0, 0.1) is 6.92 Å². The Morgan fingerprint density at radius 3 is 2.31 bits per heavy atom. The second-order valence-electron chi connectivity index (χ2n) is 7.55. The largest absolute Gasteiger partial charge is 0.496 e. The van der Waals surface area contributed by atoms with Crippen LogP contribution in [0.25, 0.3) is 0 Å². The summed E-state index contributed by atoms with van der Waals surface area (Å²) < 4.78 is 33.1. The van der Waals surface area contributed by atoms with Crippen molar-refractivity contribution in [1.29, 1.82) is 0 Å². The molecular weight excluding hydrogens is 350 g/mol. The van der Waals surface area contributed by atoms with E-state index in [0.29, 0.717) is 23.7 Å². The molecule has 1 aromatic carbocycles. The molecule has 1 fully saturated rings. The summed E-state index contributed by atoms with van der Waals surface area (Å²) in [4.78, 5) is 4.95. The molecule has 1 aliphatic heterocycles. The van der Waals surface area contributed by atoms with Crippen molar-refractivity contribution in [2.24, 2.45) is 0 Å². The fraction of sp³-hybridized carbons (Fsp3) is 0.684. The molecule has 0 amide bonds. The average Bonchev–Trinajstić information content (AvgIpc) is 2.56. The van der Waals surface area contributed by atoms with Gasteiger partial charge >= 0.3 is 0 Å². The van der Waals surface area contributed by atoms with Crippen LogP contribution in [0.3, 0.4) is 0 Å². The van der Waals surface area contributed by atoms with Crippen molar-refractivity contribution in [2.45, 2.75) is 44.2 Å². The minimum Gasteiger partial charge on any atom is -0.496 e. The van der Waals surface area contributed by atoms with E-state index in [-0.39, 0.29) is 12.1 Å². The lowest BCUT2D eigenvalue weighted by Gasteiger charge is -2.44. The van der Waals surface area contributed by atoms with Crippen molar-refractivity contribution in [3.8, 4) is 5.75 Å². The van der Waals surface area contributed by atoms with E-state index in [1.54, 1.807) is 29.6 Å². The van der Waals surface area contributed by atoms with Crippen LogP contribution in [0.4, 0.5) is 0 Å². The zero-order valence-corrected chi connectivity index (χ0v) is 17.7. The molecule has 0 N–H and O–H groups in total. The minimum absolute atomic E-state index is 0.204. The summed E-state index contributed by atoms with van der Waals surface area (Å²) in [6, 6.07) is 5.48. The predicted octanol–water partition coefficient (Wildman–Crippen LogP) is 2.04. The SMILES string of the molecule is COc1ccc(S(=O)(=O)N2CC(C)N(CCCN(C)C)C(C)C2)cc1C. The Labute approximate surface area is 158 Å². The van der Waals surface area contributed by atoms with E-state index in [2.05, 4.69) is 37.7 Å². The number of aryl methyl sites for hydroxylation is 1. The zero-order chi connectivity index (χ0) is 19.5. The van der Waals surface area contributed by atoms with Crippen molar-refractivity contribution < 1.29 is 13.2 Å². The molecule has 6 nitrogen and oxygen atoms in total. The summed E-state index contributed by atoms with van der Waals surface area (Å²) in [7, 11) is 2.26. The van der Waals surface area contributed by atoms with E-state index >= 15 is 0 Å². The third-order valence-electron chi connectivity index (χ3n) is 5.09. The van der Waals surface area contributed by atoms with Gasteiger partial charge in [-0.1, -0.05) is 0 Å². The van der Waals surface area contributed by atoms with Crippen LogP contribution in [0.5, 0.6) is 5.75 Å². The minimum atomic E-state index is -3.49. The molecule has 26 heavy (non-hydrogen) atoms. The molecule has 0 bridgehead atoms. The summed E-state index contributed by atoms with van der Waals surface area (Å²) >= 11 is 0. The zero-order valence-electron chi connectivity index (χ0n) is 16.9. The first-order valence-corrected chi connectivity index (χ1v) is 10.7. The Morgan fingerprint density at radius 1 is 1.19 bits per heavy atom. The molecule has 2 rings (SSSR count). The molecule has 1 aromatic rings. The number of hydrogen-bond donors (Lipinski definition) is 0. The molecule has 0 saturated carbocycles. The summed E-state index contributed by atoms with van der Waals surface area (Å²) in [5, 5.41) is 0. The van der Waals surface area contributed by atoms with Gasteiger partial charge in [-0.15, -0.1) is 0 Å². The second-order valence-corrected chi connectivity index (χ2v) is 9.48. The number of ether oxygens (including phenoxy) is 1. The van der Waals surface area contributed by atoms with Crippen LogP contribution in [-0.4, -0.2) is 82.0 Å². The summed E-state index contributed by atoms with van der Waals surface area (Å²) in [6.45, 7) is 9.20. The number of benzene rings is 1. The molecule has 0 radical (unpaired) electrons. The maximum atomic E-state index is 13.1. The molecule has 0 aliphatic carbocycles. The van der Waals surface area contributed by atoms with Crippen molar-refractivity contribution in [2.75, 3.05) is 47.4 Å². The highest BCUT2D eigenvalue weighted by atomic mass is 32.2. The topological polar surface area (TPSA) is 53.1 Å². The van der Waals surface area contributed by atoms with E-state index < -0.39 is 10.0 Å². The quantitative estimate of drug-likeness (QED) is 0.721. The molecule has 1 saturated heterocycles. The molecule has 148 valence electrons. The lowest BCUT2D eigenvalue weighted by atomic mass is 10.1. The van der Waals surface area contributed by atoms with E-state index in [9.17, 15) is 8.42 Å². The summed E-state index contributed by atoms with van der Waals surface area (Å²) in [6.07, 6.45) is 1.09. The van der Waals surface area contributed by atoms with Gasteiger partial charge in [-0.2, -0.15) is 4.31 Å². The van der Waals surface area contributed by atoms with E-state index in [4.69, 9.17) is 4.74 Å². The number of methoxy groups -OCH3 is 1. The van der Waals surface area contributed by atoms with Crippen molar-refractivity contribution >= 4 is 10.0 Å². The normalized spacial score (nSPS) is 22.7. The number of sulfonamides is 1. The van der Waals surface area contributed by atoms with Gasteiger partial charge in [0.15, 0.2) is 0 Å². The highest BCUT2D eigenvalue weighted by Crippen LogP contribution is 2.26. The van der Waals surface area contributed by atoms with Gasteiger partial charge in [-0.25, -0.2) is 8.42 Å². The van der Waals surface area contributed by atoms with Crippen LogP contribution in [0.15, 0.2) is 23.1 Å². The van der Waals surface area contributed by atoms with E-state index in [1.165, 1.54) is 0 Å². The number of nitrogens with zero attached hydrogens (tertiary/aromatic N) is 3. The third kappa shape index (κ3) is 4.76. The van der Waals surface area contributed by atoms with Crippen molar-refractivity contribution in [3.05, 3.63) is 23.8 Å². The molecule has 2 unspecified atom stereocenters. The fourth-order valence-electron chi connectivity index (χ4n) is 3.68. The van der Waals surface area contributed by atoms with Gasteiger partial charge in [-0.05, 0) is 71.6 Å². The first-order valence-electron chi connectivity index (χ1n) is 9.22. The maximum absolute atomic E-state index is 13.1.